The summed E-state index contributed by atoms with van der Waals surface area (Å²) >= 11 is 6.22. The second-order valence-electron chi connectivity index (χ2n) is 7.75. The largest absolute Gasteiger partial charge is 0.478 e. The van der Waals surface area contributed by atoms with Gasteiger partial charge in [-0.2, -0.15) is 0 Å². The summed E-state index contributed by atoms with van der Waals surface area (Å²) in [5.41, 5.74) is 1.53. The highest BCUT2D eigenvalue weighted by Gasteiger charge is 2.29. The van der Waals surface area contributed by atoms with E-state index >= 15 is 0 Å². The normalized spacial score (nSPS) is 12.6. The second kappa shape index (κ2) is 13.6. The van der Waals surface area contributed by atoms with Gasteiger partial charge in [0.2, 0.25) is 5.91 Å². The molecule has 0 aliphatic heterocycles. The smallest absolute Gasteiger partial charge is 0.337 e. The number of aryl methyl sites for hydroxylation is 1. The first-order valence-electron chi connectivity index (χ1n) is 11.0. The SMILES string of the molecule is CCCCOC(=O)[C@H](O)[C@@H](Cc1ccccc1Cl)NC(=O)CCCc1ccccc1C(=O)O. The molecule has 0 unspecified atom stereocenters. The van der Waals surface area contributed by atoms with Gasteiger partial charge in [-0.15, -0.1) is 0 Å². The average Bonchev–Trinajstić information content (AvgIpc) is 2.79. The zero-order valence-corrected chi connectivity index (χ0v) is 19.4. The minimum Gasteiger partial charge on any atom is -0.478 e. The van der Waals surface area contributed by atoms with Crippen LogP contribution in [0, 0.1) is 0 Å². The van der Waals surface area contributed by atoms with Crippen LogP contribution in [0.2, 0.25) is 5.02 Å². The Morgan fingerprint density at radius 1 is 1.03 bits per heavy atom. The number of ether oxygens (including phenoxy) is 1. The molecule has 0 aliphatic rings. The summed E-state index contributed by atoms with van der Waals surface area (Å²) in [6.07, 6.45) is 1.04. The van der Waals surface area contributed by atoms with Gasteiger partial charge in [0.05, 0.1) is 18.2 Å². The van der Waals surface area contributed by atoms with E-state index in [1.54, 1.807) is 42.5 Å². The summed E-state index contributed by atoms with van der Waals surface area (Å²) < 4.78 is 5.12. The number of carboxylic acid groups (broad SMARTS) is 1. The first kappa shape index (κ1) is 26.4. The van der Waals surface area contributed by atoms with Crippen molar-refractivity contribution in [2.75, 3.05) is 6.61 Å². The number of carbonyl (C=O) groups is 3. The van der Waals surface area contributed by atoms with Gasteiger partial charge in [-0.3, -0.25) is 4.79 Å². The quantitative estimate of drug-likeness (QED) is 0.300. The van der Waals surface area contributed by atoms with Gasteiger partial charge < -0.3 is 20.3 Å². The van der Waals surface area contributed by atoms with Crippen LogP contribution in [0.1, 0.15) is 54.1 Å². The highest BCUT2D eigenvalue weighted by atomic mass is 35.5. The van der Waals surface area contributed by atoms with Crippen molar-refractivity contribution < 1.29 is 29.3 Å². The average molecular weight is 476 g/mol. The van der Waals surface area contributed by atoms with Crippen molar-refractivity contribution in [1.82, 2.24) is 5.32 Å². The molecule has 0 spiro atoms. The highest BCUT2D eigenvalue weighted by molar-refractivity contribution is 6.31. The minimum absolute atomic E-state index is 0.102. The Morgan fingerprint density at radius 3 is 2.36 bits per heavy atom. The number of hydrogen-bond donors (Lipinski definition) is 3. The van der Waals surface area contributed by atoms with Crippen molar-refractivity contribution >= 4 is 29.4 Å². The van der Waals surface area contributed by atoms with E-state index in [9.17, 15) is 24.6 Å². The lowest BCUT2D eigenvalue weighted by atomic mass is 9.99. The number of amides is 1. The van der Waals surface area contributed by atoms with E-state index in [0.29, 0.717) is 35.4 Å². The third-order valence-electron chi connectivity index (χ3n) is 5.21. The molecular formula is C25H30ClNO6. The van der Waals surface area contributed by atoms with E-state index in [-0.39, 0.29) is 30.9 Å². The summed E-state index contributed by atoms with van der Waals surface area (Å²) in [4.78, 5) is 36.2. The van der Waals surface area contributed by atoms with E-state index in [1.165, 1.54) is 6.07 Å². The number of hydrogen-bond acceptors (Lipinski definition) is 5. The first-order chi connectivity index (χ1) is 15.8. The van der Waals surface area contributed by atoms with Crippen LogP contribution in [0.25, 0.3) is 0 Å². The van der Waals surface area contributed by atoms with E-state index in [0.717, 1.165) is 6.42 Å². The van der Waals surface area contributed by atoms with Gasteiger partial charge in [0, 0.05) is 11.4 Å². The fourth-order valence-corrected chi connectivity index (χ4v) is 3.59. The predicted molar refractivity (Wildman–Crippen MR) is 125 cm³/mol. The Labute approximate surface area is 198 Å². The molecule has 1 amide bonds. The van der Waals surface area contributed by atoms with E-state index in [4.69, 9.17) is 16.3 Å². The number of unbranched alkanes of at least 4 members (excludes halogenated alkanes) is 1. The van der Waals surface area contributed by atoms with E-state index in [1.807, 2.05) is 6.92 Å². The standard InChI is InChI=1S/C25H30ClNO6/c1-2-3-15-33-25(32)23(29)21(16-18-10-5-7-13-20(18)26)27-22(28)14-8-11-17-9-4-6-12-19(17)24(30)31/h4-7,9-10,12-13,21,23,29H,2-3,8,11,14-16H2,1H3,(H,27,28)(H,30,31)/t21-,23-/m1/s1. The molecule has 2 aromatic carbocycles. The Hall–Kier alpha value is -2.90. The van der Waals surface area contributed by atoms with Gasteiger partial charge in [-0.25, -0.2) is 9.59 Å². The van der Waals surface area contributed by atoms with Gasteiger partial charge in [-0.05, 0) is 48.9 Å². The maximum absolute atomic E-state index is 12.6. The zero-order valence-electron chi connectivity index (χ0n) is 18.6. The molecule has 0 saturated heterocycles. The van der Waals surface area contributed by atoms with Crippen LogP contribution in [-0.4, -0.2) is 46.8 Å². The number of halogens is 1. The summed E-state index contributed by atoms with van der Waals surface area (Å²) in [5.74, 6) is -2.17. The molecule has 7 nitrogen and oxygen atoms in total. The molecule has 178 valence electrons. The molecule has 0 saturated carbocycles. The van der Waals surface area contributed by atoms with Crippen molar-refractivity contribution in [1.29, 1.82) is 0 Å². The molecule has 0 radical (unpaired) electrons. The van der Waals surface area contributed by atoms with Gasteiger partial charge >= 0.3 is 11.9 Å². The molecule has 0 heterocycles. The molecule has 0 aromatic heterocycles. The van der Waals surface area contributed by atoms with Crippen molar-refractivity contribution in [2.45, 2.75) is 57.6 Å². The number of carbonyl (C=O) groups excluding carboxylic acids is 2. The molecule has 0 bridgehead atoms. The van der Waals surface area contributed by atoms with Crippen molar-refractivity contribution in [2.24, 2.45) is 0 Å². The lowest BCUT2D eigenvalue weighted by Gasteiger charge is -2.23. The first-order valence-corrected chi connectivity index (χ1v) is 11.4. The number of aromatic carboxylic acids is 1. The van der Waals surface area contributed by atoms with E-state index < -0.39 is 24.1 Å². The monoisotopic (exact) mass is 475 g/mol. The Kier molecular flexibility index (Phi) is 10.9. The molecule has 0 aliphatic carbocycles. The summed E-state index contributed by atoms with van der Waals surface area (Å²) in [7, 11) is 0. The van der Waals surface area contributed by atoms with Crippen molar-refractivity contribution in [3.8, 4) is 0 Å². The third kappa shape index (κ3) is 8.51. The number of nitrogens with one attached hydrogen (secondary N) is 1. The lowest BCUT2D eigenvalue weighted by molar-refractivity contribution is -0.155. The number of esters is 1. The van der Waals surface area contributed by atoms with Crippen LogP contribution >= 0.6 is 11.6 Å². The number of aliphatic hydroxyl groups excluding tert-OH is 1. The molecule has 2 aromatic rings. The molecule has 2 atom stereocenters. The lowest BCUT2D eigenvalue weighted by Crippen LogP contribution is -2.49. The molecule has 33 heavy (non-hydrogen) atoms. The summed E-state index contributed by atoms with van der Waals surface area (Å²) in [6, 6.07) is 12.7. The van der Waals surface area contributed by atoms with Crippen LogP contribution in [0.15, 0.2) is 48.5 Å². The van der Waals surface area contributed by atoms with Gasteiger partial charge in [0.25, 0.3) is 0 Å². The van der Waals surface area contributed by atoms with Crippen LogP contribution in [-0.2, 0) is 27.2 Å². The number of carboxylic acids is 1. The zero-order chi connectivity index (χ0) is 24.2. The van der Waals surface area contributed by atoms with Crippen LogP contribution in [0.5, 0.6) is 0 Å². The van der Waals surface area contributed by atoms with Crippen LogP contribution in [0.3, 0.4) is 0 Å². The number of aliphatic hydroxyl groups is 1. The van der Waals surface area contributed by atoms with E-state index in [2.05, 4.69) is 5.32 Å². The highest BCUT2D eigenvalue weighted by Crippen LogP contribution is 2.19. The van der Waals surface area contributed by atoms with Crippen LogP contribution < -0.4 is 5.32 Å². The Bertz CT molecular complexity index is 948. The topological polar surface area (TPSA) is 113 Å². The fourth-order valence-electron chi connectivity index (χ4n) is 3.37. The van der Waals surface area contributed by atoms with Gasteiger partial charge in [0.15, 0.2) is 6.10 Å². The van der Waals surface area contributed by atoms with Crippen molar-refractivity contribution in [3.63, 3.8) is 0 Å². The number of benzene rings is 2. The fraction of sp³-hybridized carbons (Fsp3) is 0.400. The Morgan fingerprint density at radius 2 is 1.70 bits per heavy atom. The van der Waals surface area contributed by atoms with Crippen molar-refractivity contribution in [3.05, 3.63) is 70.2 Å². The molecule has 0 fully saturated rings. The molecule has 3 N–H and O–H groups in total. The number of rotatable bonds is 13. The molecular weight excluding hydrogens is 446 g/mol. The summed E-state index contributed by atoms with van der Waals surface area (Å²) in [6.45, 7) is 2.15. The molecule has 2 rings (SSSR count). The van der Waals surface area contributed by atoms with Gasteiger partial charge in [-0.1, -0.05) is 61.3 Å². The maximum atomic E-state index is 12.6. The second-order valence-corrected chi connectivity index (χ2v) is 8.16. The van der Waals surface area contributed by atoms with Crippen LogP contribution in [0.4, 0.5) is 0 Å². The molecule has 8 heteroatoms. The predicted octanol–water partition coefficient (Wildman–Crippen LogP) is 3.79. The maximum Gasteiger partial charge on any atom is 0.337 e. The Balaban J connectivity index is 2.02. The third-order valence-corrected chi connectivity index (χ3v) is 5.58. The van der Waals surface area contributed by atoms with Gasteiger partial charge in [0.1, 0.15) is 0 Å². The summed E-state index contributed by atoms with van der Waals surface area (Å²) in [5, 5.41) is 23.1. The minimum atomic E-state index is -1.55.